The van der Waals surface area contributed by atoms with Gasteiger partial charge in [-0.2, -0.15) is 18.2 Å². The van der Waals surface area contributed by atoms with E-state index in [0.717, 1.165) is 6.20 Å². The number of methoxy groups -OCH3 is 1. The Bertz CT molecular complexity index is 951. The van der Waals surface area contributed by atoms with E-state index in [1.807, 2.05) is 9.80 Å². The molecule has 0 aliphatic carbocycles. The summed E-state index contributed by atoms with van der Waals surface area (Å²) in [6.45, 7) is 2.31. The second kappa shape index (κ2) is 6.56. The standard InChI is InChI=1S/C16H16F3N7O/c1-27-12-2-3-21-15(23-12)25-8-6-24(7-9-25)13-14-22-11(16(17,18)19)10-26(14)5-4-20-13/h2-5,10H,6-9H2,1H3. The van der Waals surface area contributed by atoms with Crippen LogP contribution in [0.2, 0.25) is 0 Å². The Balaban J connectivity index is 1.55. The number of hydrogen-bond acceptors (Lipinski definition) is 7. The lowest BCUT2D eigenvalue weighted by Gasteiger charge is -2.35. The van der Waals surface area contributed by atoms with Gasteiger partial charge < -0.3 is 18.9 Å². The van der Waals surface area contributed by atoms with Crippen LogP contribution in [0.5, 0.6) is 5.88 Å². The fourth-order valence-electron chi connectivity index (χ4n) is 2.98. The molecule has 1 aliphatic heterocycles. The molecule has 142 valence electrons. The summed E-state index contributed by atoms with van der Waals surface area (Å²) >= 11 is 0. The summed E-state index contributed by atoms with van der Waals surface area (Å²) in [7, 11) is 1.54. The number of imidazole rings is 1. The smallest absolute Gasteiger partial charge is 0.434 e. The number of alkyl halides is 3. The largest absolute Gasteiger partial charge is 0.481 e. The Hall–Kier alpha value is -3.11. The lowest BCUT2D eigenvalue weighted by molar-refractivity contribution is -0.140. The molecule has 4 rings (SSSR count). The van der Waals surface area contributed by atoms with Crippen LogP contribution in [0.4, 0.5) is 24.9 Å². The Labute approximate surface area is 152 Å². The van der Waals surface area contributed by atoms with E-state index in [0.29, 0.717) is 43.8 Å². The summed E-state index contributed by atoms with van der Waals surface area (Å²) in [5.41, 5.74) is -0.740. The van der Waals surface area contributed by atoms with Crippen molar-refractivity contribution in [1.29, 1.82) is 0 Å². The molecular weight excluding hydrogens is 363 g/mol. The third-order valence-corrected chi connectivity index (χ3v) is 4.34. The molecule has 0 aromatic carbocycles. The van der Waals surface area contributed by atoms with Crippen LogP contribution in [0.3, 0.4) is 0 Å². The summed E-state index contributed by atoms with van der Waals surface area (Å²) < 4.78 is 45.3. The average Bonchev–Trinajstić information content (AvgIpc) is 3.13. The van der Waals surface area contributed by atoms with E-state index < -0.39 is 11.9 Å². The SMILES string of the molecule is COc1ccnc(N2CCN(c3nccn4cc(C(F)(F)F)nc34)CC2)n1. The second-order valence-corrected chi connectivity index (χ2v) is 5.98. The van der Waals surface area contributed by atoms with Crippen LogP contribution in [0.1, 0.15) is 5.69 Å². The molecule has 0 bridgehead atoms. The molecule has 0 radical (unpaired) electrons. The molecule has 27 heavy (non-hydrogen) atoms. The number of nitrogens with zero attached hydrogens (tertiary/aromatic N) is 7. The molecule has 1 fully saturated rings. The number of aromatic nitrogens is 5. The first kappa shape index (κ1) is 17.3. The minimum Gasteiger partial charge on any atom is -0.481 e. The minimum absolute atomic E-state index is 0.191. The van der Waals surface area contributed by atoms with Crippen molar-refractivity contribution >= 4 is 17.4 Å². The molecule has 0 N–H and O–H groups in total. The van der Waals surface area contributed by atoms with Crippen molar-refractivity contribution in [2.45, 2.75) is 6.18 Å². The third kappa shape index (κ3) is 3.32. The molecule has 0 spiro atoms. The monoisotopic (exact) mass is 379 g/mol. The Morgan fingerprint density at radius 2 is 1.74 bits per heavy atom. The summed E-state index contributed by atoms with van der Waals surface area (Å²) in [6.07, 6.45) is 1.04. The number of rotatable bonds is 3. The first-order chi connectivity index (χ1) is 13.0. The average molecular weight is 379 g/mol. The van der Waals surface area contributed by atoms with Crippen LogP contribution in [0.15, 0.2) is 30.9 Å². The molecule has 11 heteroatoms. The molecule has 0 saturated carbocycles. The Morgan fingerprint density at radius 1 is 1.00 bits per heavy atom. The molecule has 4 heterocycles. The van der Waals surface area contributed by atoms with E-state index in [1.165, 1.54) is 23.9 Å². The molecule has 0 amide bonds. The molecule has 3 aromatic rings. The highest BCUT2D eigenvalue weighted by Gasteiger charge is 2.34. The van der Waals surface area contributed by atoms with Gasteiger partial charge in [-0.3, -0.25) is 0 Å². The minimum atomic E-state index is -4.49. The van der Waals surface area contributed by atoms with Crippen molar-refractivity contribution in [2.24, 2.45) is 0 Å². The van der Waals surface area contributed by atoms with Gasteiger partial charge in [-0.15, -0.1) is 0 Å². The van der Waals surface area contributed by atoms with Crippen molar-refractivity contribution in [2.75, 3.05) is 43.1 Å². The van der Waals surface area contributed by atoms with Gasteiger partial charge in [0.05, 0.1) is 7.11 Å². The van der Waals surface area contributed by atoms with E-state index >= 15 is 0 Å². The Kier molecular flexibility index (Phi) is 4.21. The summed E-state index contributed by atoms with van der Waals surface area (Å²) in [5.74, 6) is 1.46. The molecule has 1 aliphatic rings. The van der Waals surface area contributed by atoms with E-state index in [4.69, 9.17) is 4.74 Å². The van der Waals surface area contributed by atoms with Crippen molar-refractivity contribution < 1.29 is 17.9 Å². The zero-order valence-electron chi connectivity index (χ0n) is 14.4. The lowest BCUT2D eigenvalue weighted by atomic mass is 10.3. The van der Waals surface area contributed by atoms with Gasteiger partial charge in [0.2, 0.25) is 11.8 Å². The van der Waals surface area contributed by atoms with Crippen molar-refractivity contribution in [1.82, 2.24) is 24.3 Å². The maximum Gasteiger partial charge on any atom is 0.434 e. The van der Waals surface area contributed by atoms with Crippen LogP contribution < -0.4 is 14.5 Å². The quantitative estimate of drug-likeness (QED) is 0.688. The summed E-state index contributed by atoms with van der Waals surface area (Å²) in [6, 6.07) is 1.67. The number of hydrogen-bond donors (Lipinski definition) is 0. The number of piperazine rings is 1. The zero-order chi connectivity index (χ0) is 19.0. The van der Waals surface area contributed by atoms with Gasteiger partial charge in [0.1, 0.15) is 0 Å². The maximum atomic E-state index is 13.0. The van der Waals surface area contributed by atoms with Crippen molar-refractivity contribution in [3.8, 4) is 5.88 Å². The van der Waals surface area contributed by atoms with Gasteiger partial charge in [-0.05, 0) is 0 Å². The van der Waals surface area contributed by atoms with Crippen molar-refractivity contribution in [3.05, 3.63) is 36.5 Å². The van der Waals surface area contributed by atoms with Crippen LogP contribution in [0.25, 0.3) is 5.65 Å². The molecule has 0 unspecified atom stereocenters. The van der Waals surface area contributed by atoms with Gasteiger partial charge >= 0.3 is 6.18 Å². The zero-order valence-corrected chi connectivity index (χ0v) is 14.4. The number of fused-ring (bicyclic) bond motifs is 1. The van der Waals surface area contributed by atoms with Crippen LogP contribution >= 0.6 is 0 Å². The van der Waals surface area contributed by atoms with Gasteiger partial charge in [0.25, 0.3) is 0 Å². The van der Waals surface area contributed by atoms with Crippen LogP contribution in [0, 0.1) is 0 Å². The fourth-order valence-corrected chi connectivity index (χ4v) is 2.98. The van der Waals surface area contributed by atoms with Crippen molar-refractivity contribution in [3.63, 3.8) is 0 Å². The van der Waals surface area contributed by atoms with Crippen LogP contribution in [-0.4, -0.2) is 57.6 Å². The summed E-state index contributed by atoms with van der Waals surface area (Å²) in [4.78, 5) is 20.5. The first-order valence-corrected chi connectivity index (χ1v) is 8.23. The Morgan fingerprint density at radius 3 is 2.44 bits per heavy atom. The molecular formula is C16H16F3N7O. The van der Waals surface area contributed by atoms with E-state index in [9.17, 15) is 13.2 Å². The fraction of sp³-hybridized carbons (Fsp3) is 0.375. The molecule has 3 aromatic heterocycles. The normalized spacial score (nSPS) is 15.4. The second-order valence-electron chi connectivity index (χ2n) is 5.98. The maximum absolute atomic E-state index is 13.0. The topological polar surface area (TPSA) is 71.7 Å². The van der Waals surface area contributed by atoms with E-state index in [2.05, 4.69) is 19.9 Å². The highest BCUT2D eigenvalue weighted by atomic mass is 19.4. The number of halogens is 3. The highest BCUT2D eigenvalue weighted by molar-refractivity contribution is 5.65. The van der Waals surface area contributed by atoms with E-state index in [-0.39, 0.29) is 5.65 Å². The number of ether oxygens (including phenoxy) is 1. The first-order valence-electron chi connectivity index (χ1n) is 8.23. The van der Waals surface area contributed by atoms with E-state index in [1.54, 1.807) is 12.3 Å². The summed E-state index contributed by atoms with van der Waals surface area (Å²) in [5, 5.41) is 0. The van der Waals surface area contributed by atoms with Gasteiger partial charge in [0, 0.05) is 57.0 Å². The predicted molar refractivity (Wildman–Crippen MR) is 91.0 cm³/mol. The lowest BCUT2D eigenvalue weighted by Crippen LogP contribution is -2.47. The van der Waals surface area contributed by atoms with Gasteiger partial charge in [-0.1, -0.05) is 0 Å². The van der Waals surface area contributed by atoms with Gasteiger partial charge in [0.15, 0.2) is 17.2 Å². The van der Waals surface area contributed by atoms with Crippen LogP contribution in [-0.2, 0) is 6.18 Å². The highest BCUT2D eigenvalue weighted by Crippen LogP contribution is 2.30. The molecule has 8 nitrogen and oxygen atoms in total. The third-order valence-electron chi connectivity index (χ3n) is 4.34. The number of anilines is 2. The van der Waals surface area contributed by atoms with Gasteiger partial charge in [-0.25, -0.2) is 15.0 Å². The molecule has 1 saturated heterocycles. The predicted octanol–water partition coefficient (Wildman–Crippen LogP) is 1.87. The molecule has 0 atom stereocenters.